The molecule has 1 N–H and O–H groups in total. The summed E-state index contributed by atoms with van der Waals surface area (Å²) in [5, 5.41) is 8.50. The van der Waals surface area contributed by atoms with Crippen molar-refractivity contribution in [3.63, 3.8) is 0 Å². The SMILES string of the molecule is CCOc1ccccc1[C@@H]1C2=C(CCCC2=O)Nc2c1c(C)nn2-c1ccc(C)cc1. The van der Waals surface area contributed by atoms with Crippen LogP contribution >= 0.6 is 0 Å². The molecule has 5 nitrogen and oxygen atoms in total. The second-order valence-electron chi connectivity index (χ2n) is 8.29. The maximum Gasteiger partial charge on any atom is 0.161 e. The highest BCUT2D eigenvalue weighted by Crippen LogP contribution is 2.49. The Balaban J connectivity index is 1.75. The van der Waals surface area contributed by atoms with E-state index in [2.05, 4.69) is 42.6 Å². The number of fused-ring (bicyclic) bond motifs is 1. The van der Waals surface area contributed by atoms with Crippen molar-refractivity contribution in [2.45, 2.75) is 46.0 Å². The molecule has 5 rings (SSSR count). The Morgan fingerprint density at radius 2 is 1.87 bits per heavy atom. The second-order valence-corrected chi connectivity index (χ2v) is 8.29. The number of aryl methyl sites for hydroxylation is 2. The normalized spacial score (nSPS) is 17.8. The molecule has 0 saturated heterocycles. The fourth-order valence-electron chi connectivity index (χ4n) is 4.81. The number of rotatable bonds is 4. The average Bonchev–Trinajstić information content (AvgIpc) is 3.10. The summed E-state index contributed by atoms with van der Waals surface area (Å²) >= 11 is 0. The highest BCUT2D eigenvalue weighted by atomic mass is 16.5. The molecule has 0 radical (unpaired) electrons. The molecule has 1 aliphatic heterocycles. The lowest BCUT2D eigenvalue weighted by Crippen LogP contribution is -2.27. The van der Waals surface area contributed by atoms with Crippen LogP contribution in [0.4, 0.5) is 5.82 Å². The van der Waals surface area contributed by atoms with E-state index in [1.165, 1.54) is 5.56 Å². The molecule has 0 amide bonds. The Kier molecular flexibility index (Phi) is 4.89. The van der Waals surface area contributed by atoms with E-state index < -0.39 is 0 Å². The average molecular weight is 414 g/mol. The first-order valence-electron chi connectivity index (χ1n) is 11.0. The summed E-state index contributed by atoms with van der Waals surface area (Å²) in [5.74, 6) is 1.82. The molecule has 1 atom stereocenters. The van der Waals surface area contributed by atoms with Crippen LogP contribution in [0.1, 0.15) is 54.5 Å². The van der Waals surface area contributed by atoms with Crippen LogP contribution in [0.15, 0.2) is 59.8 Å². The molecule has 0 saturated carbocycles. The molecule has 2 aromatic carbocycles. The third-order valence-corrected chi connectivity index (χ3v) is 6.22. The zero-order chi connectivity index (χ0) is 21.5. The van der Waals surface area contributed by atoms with E-state index in [0.717, 1.165) is 58.2 Å². The Morgan fingerprint density at radius 1 is 1.10 bits per heavy atom. The Labute approximate surface area is 182 Å². The van der Waals surface area contributed by atoms with E-state index in [0.29, 0.717) is 13.0 Å². The van der Waals surface area contributed by atoms with Crippen LogP contribution in [-0.2, 0) is 4.79 Å². The number of hydrogen-bond donors (Lipinski definition) is 1. The number of allylic oxidation sites excluding steroid dienone is 2. The van der Waals surface area contributed by atoms with Crippen LogP contribution in [-0.4, -0.2) is 22.2 Å². The van der Waals surface area contributed by atoms with Crippen LogP contribution < -0.4 is 10.1 Å². The number of hydrogen-bond acceptors (Lipinski definition) is 4. The fraction of sp³-hybridized carbons (Fsp3) is 0.308. The maximum atomic E-state index is 13.2. The third kappa shape index (κ3) is 3.25. The molecule has 31 heavy (non-hydrogen) atoms. The number of carbonyl (C=O) groups is 1. The quantitative estimate of drug-likeness (QED) is 0.618. The summed E-state index contributed by atoms with van der Waals surface area (Å²) < 4.78 is 7.96. The van der Waals surface area contributed by atoms with Gasteiger partial charge in [-0.05, 0) is 51.8 Å². The monoisotopic (exact) mass is 413 g/mol. The van der Waals surface area contributed by atoms with Gasteiger partial charge in [-0.1, -0.05) is 35.9 Å². The van der Waals surface area contributed by atoms with E-state index in [9.17, 15) is 4.79 Å². The van der Waals surface area contributed by atoms with Crippen molar-refractivity contribution in [2.24, 2.45) is 0 Å². The molecular weight excluding hydrogens is 386 g/mol. The Morgan fingerprint density at radius 3 is 2.65 bits per heavy atom. The van der Waals surface area contributed by atoms with Crippen LogP contribution in [0.3, 0.4) is 0 Å². The fourth-order valence-corrected chi connectivity index (χ4v) is 4.81. The number of nitrogens with one attached hydrogen (secondary N) is 1. The number of ether oxygens (including phenoxy) is 1. The van der Waals surface area contributed by atoms with Gasteiger partial charge < -0.3 is 10.1 Å². The minimum atomic E-state index is -0.180. The van der Waals surface area contributed by atoms with E-state index in [4.69, 9.17) is 9.84 Å². The molecule has 0 fully saturated rings. The highest BCUT2D eigenvalue weighted by Gasteiger charge is 2.39. The molecule has 2 aliphatic rings. The molecule has 1 aromatic heterocycles. The molecule has 1 aliphatic carbocycles. The minimum absolute atomic E-state index is 0.180. The van der Waals surface area contributed by atoms with Crippen LogP contribution in [0.2, 0.25) is 0 Å². The van der Waals surface area contributed by atoms with Gasteiger partial charge in [-0.25, -0.2) is 4.68 Å². The number of para-hydroxylation sites is 1. The number of Topliss-reactive ketones (excluding diaryl/α,β-unsaturated/α-hetero) is 1. The van der Waals surface area contributed by atoms with Gasteiger partial charge in [-0.3, -0.25) is 4.79 Å². The van der Waals surface area contributed by atoms with E-state index in [-0.39, 0.29) is 11.7 Å². The lowest BCUT2D eigenvalue weighted by Gasteiger charge is -2.33. The van der Waals surface area contributed by atoms with Crippen molar-refractivity contribution >= 4 is 11.6 Å². The number of carbonyl (C=O) groups excluding carboxylic acids is 1. The highest BCUT2D eigenvalue weighted by molar-refractivity contribution is 6.01. The van der Waals surface area contributed by atoms with Crippen LogP contribution in [0.5, 0.6) is 5.75 Å². The smallest absolute Gasteiger partial charge is 0.161 e. The van der Waals surface area contributed by atoms with Gasteiger partial charge in [0.05, 0.1) is 18.0 Å². The van der Waals surface area contributed by atoms with Crippen molar-refractivity contribution < 1.29 is 9.53 Å². The lowest BCUT2D eigenvalue weighted by molar-refractivity contribution is -0.116. The summed E-state index contributed by atoms with van der Waals surface area (Å²) in [4.78, 5) is 13.2. The number of ketones is 1. The number of benzene rings is 2. The maximum absolute atomic E-state index is 13.2. The predicted molar refractivity (Wildman–Crippen MR) is 122 cm³/mol. The van der Waals surface area contributed by atoms with E-state index in [1.807, 2.05) is 36.7 Å². The molecule has 2 heterocycles. The Hall–Kier alpha value is -3.34. The van der Waals surface area contributed by atoms with Crippen molar-refractivity contribution in [1.82, 2.24) is 9.78 Å². The molecule has 5 heteroatoms. The first kappa shape index (κ1) is 19.6. The number of nitrogens with zero attached hydrogens (tertiary/aromatic N) is 2. The van der Waals surface area contributed by atoms with Crippen LogP contribution in [0.25, 0.3) is 5.69 Å². The first-order valence-corrected chi connectivity index (χ1v) is 11.0. The predicted octanol–water partition coefficient (Wildman–Crippen LogP) is 5.45. The van der Waals surface area contributed by atoms with Crippen molar-refractivity contribution in [2.75, 3.05) is 11.9 Å². The lowest BCUT2D eigenvalue weighted by atomic mass is 9.76. The molecule has 0 spiro atoms. The minimum Gasteiger partial charge on any atom is -0.494 e. The van der Waals surface area contributed by atoms with Gasteiger partial charge in [0.1, 0.15) is 11.6 Å². The molecule has 3 aromatic rings. The summed E-state index contributed by atoms with van der Waals surface area (Å²) in [5.41, 5.74) is 7.12. The Bertz CT molecular complexity index is 1190. The van der Waals surface area contributed by atoms with Gasteiger partial charge in [0.15, 0.2) is 5.78 Å². The van der Waals surface area contributed by atoms with Crippen molar-refractivity contribution in [3.8, 4) is 11.4 Å². The van der Waals surface area contributed by atoms with Crippen molar-refractivity contribution in [1.29, 1.82) is 0 Å². The van der Waals surface area contributed by atoms with Gasteiger partial charge in [0.25, 0.3) is 0 Å². The van der Waals surface area contributed by atoms with Gasteiger partial charge in [0.2, 0.25) is 0 Å². The van der Waals surface area contributed by atoms with Gasteiger partial charge >= 0.3 is 0 Å². The third-order valence-electron chi connectivity index (χ3n) is 6.22. The molecular formula is C26H27N3O2. The zero-order valence-corrected chi connectivity index (χ0v) is 18.2. The summed E-state index contributed by atoms with van der Waals surface area (Å²) in [6, 6.07) is 16.4. The molecule has 0 bridgehead atoms. The summed E-state index contributed by atoms with van der Waals surface area (Å²) in [6.45, 7) is 6.68. The van der Waals surface area contributed by atoms with E-state index in [1.54, 1.807) is 0 Å². The van der Waals surface area contributed by atoms with Gasteiger partial charge in [-0.2, -0.15) is 5.10 Å². The van der Waals surface area contributed by atoms with E-state index >= 15 is 0 Å². The molecule has 158 valence electrons. The molecule has 0 unspecified atom stereocenters. The van der Waals surface area contributed by atoms with Crippen LogP contribution in [0, 0.1) is 13.8 Å². The number of anilines is 1. The summed E-state index contributed by atoms with van der Waals surface area (Å²) in [7, 11) is 0. The van der Waals surface area contributed by atoms with Gasteiger partial charge in [0, 0.05) is 34.7 Å². The first-order chi connectivity index (χ1) is 15.1. The largest absolute Gasteiger partial charge is 0.494 e. The number of aromatic nitrogens is 2. The topological polar surface area (TPSA) is 56.1 Å². The summed E-state index contributed by atoms with van der Waals surface area (Å²) in [6.07, 6.45) is 2.33. The second kappa shape index (κ2) is 7.73. The zero-order valence-electron chi connectivity index (χ0n) is 18.2. The van der Waals surface area contributed by atoms with Gasteiger partial charge in [-0.15, -0.1) is 0 Å². The standard InChI is InChI=1S/C26H27N3O2/c1-4-31-22-11-6-5-8-19(22)24-23-17(3)28-29(18-14-12-16(2)13-15-18)26(23)27-20-9-7-10-21(30)25(20)24/h5-6,8,11-15,24,27H,4,7,9-10H2,1-3H3/t24-/m0/s1. The van der Waals surface area contributed by atoms with Crippen molar-refractivity contribution in [3.05, 3.63) is 82.2 Å².